The predicted molar refractivity (Wildman–Crippen MR) is 73.5 cm³/mol. The number of nitrogens with zero attached hydrogens (tertiary/aromatic N) is 2. The van der Waals surface area contributed by atoms with Gasteiger partial charge < -0.3 is 4.23 Å². The average Bonchev–Trinajstić information content (AvgIpc) is 2.40. The van der Waals surface area contributed by atoms with Crippen molar-refractivity contribution in [2.24, 2.45) is 0 Å². The number of fused-ring (bicyclic) bond motifs is 1. The van der Waals surface area contributed by atoms with E-state index in [1.807, 2.05) is 6.07 Å². The van der Waals surface area contributed by atoms with Gasteiger partial charge in [-0.15, -0.1) is 0 Å². The molecule has 0 radical (unpaired) electrons. The third-order valence-corrected chi connectivity index (χ3v) is 5.00. The van der Waals surface area contributed by atoms with Crippen molar-refractivity contribution in [3.8, 4) is 0 Å². The normalized spacial score (nSPS) is 12.4. The summed E-state index contributed by atoms with van der Waals surface area (Å²) in [7, 11) is -1.63. The van der Waals surface area contributed by atoms with Crippen LogP contribution < -0.4 is 0 Å². The van der Waals surface area contributed by atoms with Crippen molar-refractivity contribution in [3.63, 3.8) is 0 Å². The second-order valence-corrected chi connectivity index (χ2v) is 10.6. The van der Waals surface area contributed by atoms with Crippen molar-refractivity contribution >= 4 is 54.1 Å². The van der Waals surface area contributed by atoms with Gasteiger partial charge in [-0.3, -0.25) is 0 Å². The van der Waals surface area contributed by atoms with Crippen LogP contribution in [0.4, 0.5) is 0 Å². The van der Waals surface area contributed by atoms with E-state index in [9.17, 15) is 0 Å². The van der Waals surface area contributed by atoms with Gasteiger partial charge >= 0.3 is 0 Å². The van der Waals surface area contributed by atoms with Crippen LogP contribution in [0.25, 0.3) is 11.0 Å². The Bertz CT molecular complexity index is 557. The van der Waals surface area contributed by atoms with Crippen LogP contribution in [0.1, 0.15) is 0 Å². The van der Waals surface area contributed by atoms with Crippen molar-refractivity contribution in [2.45, 2.75) is 19.6 Å². The lowest BCUT2D eigenvalue weighted by Gasteiger charge is -2.20. The highest BCUT2D eigenvalue weighted by molar-refractivity contribution is 6.76. The smallest absolute Gasteiger partial charge is 0.195 e. The van der Waals surface area contributed by atoms with E-state index in [1.165, 1.54) is 0 Å². The maximum absolute atomic E-state index is 6.16. The monoisotopic (exact) mass is 292 g/mol. The summed E-state index contributed by atoms with van der Waals surface area (Å²) in [6, 6.07) is 3.54. The minimum atomic E-state index is -1.63. The predicted octanol–water partition coefficient (Wildman–Crippen LogP) is 4.68. The Morgan fingerprint density at radius 2 is 1.75 bits per heavy atom. The Balaban J connectivity index is 2.89. The SMILES string of the molecule is C[Si](C)(C)n1c(Cl)nc2c(Cl)cc(Cl)cc21. The van der Waals surface area contributed by atoms with Gasteiger partial charge in [-0.1, -0.05) is 42.8 Å². The van der Waals surface area contributed by atoms with E-state index in [1.54, 1.807) is 6.07 Å². The van der Waals surface area contributed by atoms with Crippen LogP contribution in [0.15, 0.2) is 12.1 Å². The van der Waals surface area contributed by atoms with Crippen LogP contribution in [0.3, 0.4) is 0 Å². The molecule has 0 N–H and O–H groups in total. The van der Waals surface area contributed by atoms with Gasteiger partial charge in [-0.05, 0) is 23.7 Å². The van der Waals surface area contributed by atoms with Gasteiger partial charge in [0, 0.05) is 5.02 Å². The van der Waals surface area contributed by atoms with Crippen molar-refractivity contribution in [3.05, 3.63) is 27.5 Å². The number of hydrogen-bond acceptors (Lipinski definition) is 1. The van der Waals surface area contributed by atoms with Crippen LogP contribution in [0, 0.1) is 0 Å². The zero-order chi connectivity index (χ0) is 12.1. The molecule has 2 rings (SSSR count). The van der Waals surface area contributed by atoms with Gasteiger partial charge in [0.05, 0.1) is 10.5 Å². The highest BCUT2D eigenvalue weighted by Gasteiger charge is 2.24. The molecule has 0 unspecified atom stereocenters. The van der Waals surface area contributed by atoms with Crippen LogP contribution in [0.2, 0.25) is 35.0 Å². The van der Waals surface area contributed by atoms with Crippen molar-refractivity contribution in [1.29, 1.82) is 0 Å². The van der Waals surface area contributed by atoms with Gasteiger partial charge in [0.25, 0.3) is 0 Å². The van der Waals surface area contributed by atoms with E-state index in [4.69, 9.17) is 34.8 Å². The van der Waals surface area contributed by atoms with Gasteiger partial charge in [-0.25, -0.2) is 4.98 Å². The lowest BCUT2D eigenvalue weighted by atomic mass is 10.3. The molecule has 0 aliphatic heterocycles. The molecule has 2 aromatic rings. The summed E-state index contributed by atoms with van der Waals surface area (Å²) >= 11 is 18.3. The van der Waals surface area contributed by atoms with E-state index >= 15 is 0 Å². The quantitative estimate of drug-likeness (QED) is 0.698. The Kier molecular flexibility index (Phi) is 2.99. The van der Waals surface area contributed by atoms with Crippen LogP contribution >= 0.6 is 34.8 Å². The Morgan fingerprint density at radius 1 is 1.12 bits per heavy atom. The van der Waals surface area contributed by atoms with E-state index in [0.717, 1.165) is 11.0 Å². The van der Waals surface area contributed by atoms with Crippen LogP contribution in [-0.4, -0.2) is 17.5 Å². The van der Waals surface area contributed by atoms with E-state index < -0.39 is 8.24 Å². The first-order valence-corrected chi connectivity index (χ1v) is 9.42. The lowest BCUT2D eigenvalue weighted by Crippen LogP contribution is -2.31. The molecule has 2 nitrogen and oxygen atoms in total. The molecule has 0 amide bonds. The molecule has 0 spiro atoms. The average molecular weight is 294 g/mol. The van der Waals surface area contributed by atoms with Crippen LogP contribution in [0.5, 0.6) is 0 Å². The molecule has 1 aromatic carbocycles. The fraction of sp³-hybridized carbons (Fsp3) is 0.300. The molecular formula is C10H11Cl3N2Si. The Morgan fingerprint density at radius 3 is 2.31 bits per heavy atom. The number of benzene rings is 1. The molecule has 1 heterocycles. The number of aromatic nitrogens is 2. The number of halogens is 3. The van der Waals surface area contributed by atoms with Crippen molar-refractivity contribution in [2.75, 3.05) is 0 Å². The molecule has 0 aliphatic carbocycles. The standard InChI is InChI=1S/C10H11Cl3N2Si/c1-16(2,3)15-8-5-6(11)4-7(12)9(8)14-10(15)13/h4-5H,1-3H3. The summed E-state index contributed by atoms with van der Waals surface area (Å²) in [5.74, 6) is 0. The third kappa shape index (κ3) is 1.97. The third-order valence-electron chi connectivity index (χ3n) is 2.31. The van der Waals surface area contributed by atoms with E-state index in [2.05, 4.69) is 28.9 Å². The van der Waals surface area contributed by atoms with Crippen molar-refractivity contribution < 1.29 is 0 Å². The fourth-order valence-corrected chi connectivity index (χ4v) is 4.67. The highest BCUT2D eigenvalue weighted by atomic mass is 35.5. The Labute approximate surface area is 110 Å². The lowest BCUT2D eigenvalue weighted by molar-refractivity contribution is 1.16. The summed E-state index contributed by atoms with van der Waals surface area (Å²) in [5.41, 5.74) is 1.64. The maximum atomic E-state index is 6.16. The van der Waals surface area contributed by atoms with Crippen molar-refractivity contribution in [1.82, 2.24) is 9.22 Å². The minimum absolute atomic E-state index is 0.485. The van der Waals surface area contributed by atoms with Gasteiger partial charge in [0.1, 0.15) is 5.52 Å². The molecule has 0 atom stereocenters. The first-order valence-electron chi connectivity index (χ1n) is 4.84. The molecule has 6 heteroatoms. The zero-order valence-corrected chi connectivity index (χ0v) is 12.5. The number of rotatable bonds is 1. The molecule has 0 aliphatic rings. The first-order chi connectivity index (χ1) is 7.30. The summed E-state index contributed by atoms with van der Waals surface area (Å²) in [5, 5.41) is 1.63. The summed E-state index contributed by atoms with van der Waals surface area (Å²) in [4.78, 5) is 4.29. The molecule has 16 heavy (non-hydrogen) atoms. The number of hydrogen-bond donors (Lipinski definition) is 0. The van der Waals surface area contributed by atoms with Crippen LogP contribution in [-0.2, 0) is 0 Å². The van der Waals surface area contributed by atoms with Gasteiger partial charge in [0.2, 0.25) is 0 Å². The molecule has 0 bridgehead atoms. The van der Waals surface area contributed by atoms with E-state index in [-0.39, 0.29) is 0 Å². The largest absolute Gasteiger partial charge is 0.343 e. The zero-order valence-electron chi connectivity index (χ0n) is 9.18. The maximum Gasteiger partial charge on any atom is 0.195 e. The molecule has 0 saturated heterocycles. The van der Waals surface area contributed by atoms with Gasteiger partial charge in [0.15, 0.2) is 13.5 Å². The highest BCUT2D eigenvalue weighted by Crippen LogP contribution is 2.31. The molecular weight excluding hydrogens is 283 g/mol. The molecule has 0 saturated carbocycles. The topological polar surface area (TPSA) is 17.8 Å². The summed E-state index contributed by atoms with van der Waals surface area (Å²) in [6.45, 7) is 6.57. The Hall–Kier alpha value is -0.223. The second-order valence-electron chi connectivity index (χ2n) is 4.64. The van der Waals surface area contributed by atoms with E-state index in [0.29, 0.717) is 15.3 Å². The van der Waals surface area contributed by atoms with Gasteiger partial charge in [-0.2, -0.15) is 0 Å². The fourth-order valence-electron chi connectivity index (χ4n) is 1.71. The first kappa shape index (κ1) is 12.2. The number of imidazole rings is 1. The second kappa shape index (κ2) is 3.91. The molecule has 0 fully saturated rings. The minimum Gasteiger partial charge on any atom is -0.343 e. The molecule has 1 aromatic heterocycles. The summed E-state index contributed by atoms with van der Waals surface area (Å²) < 4.78 is 2.06. The summed E-state index contributed by atoms with van der Waals surface area (Å²) in [6.07, 6.45) is 0. The molecule has 86 valence electrons.